The molecule has 4 atom stereocenters. The molecule has 4 rings (SSSR count). The van der Waals surface area contributed by atoms with Crippen molar-refractivity contribution in [2.45, 2.75) is 45.2 Å². The van der Waals surface area contributed by atoms with Crippen LogP contribution >= 0.6 is 0 Å². The molecule has 0 radical (unpaired) electrons. The summed E-state index contributed by atoms with van der Waals surface area (Å²) in [6.07, 6.45) is 3.81. The number of non-ortho nitro benzene ring substituents is 1. The van der Waals surface area contributed by atoms with Crippen molar-refractivity contribution in [3.63, 3.8) is 0 Å². The lowest BCUT2D eigenvalue weighted by Gasteiger charge is -2.44. The van der Waals surface area contributed by atoms with Crippen molar-refractivity contribution < 1.29 is 9.66 Å². The van der Waals surface area contributed by atoms with Gasteiger partial charge in [-0.3, -0.25) is 10.1 Å². The van der Waals surface area contributed by atoms with Crippen LogP contribution in [0.1, 0.15) is 33.1 Å². The van der Waals surface area contributed by atoms with Crippen molar-refractivity contribution in [2.24, 2.45) is 17.8 Å². The van der Waals surface area contributed by atoms with Crippen molar-refractivity contribution in [3.8, 4) is 5.88 Å². The van der Waals surface area contributed by atoms with Crippen LogP contribution in [0.25, 0.3) is 10.9 Å². The third-order valence-corrected chi connectivity index (χ3v) is 6.62. The lowest BCUT2D eigenvalue weighted by Crippen LogP contribution is -2.50. The summed E-state index contributed by atoms with van der Waals surface area (Å²) in [6, 6.07) is 9.72. The molecule has 2 aliphatic heterocycles. The lowest BCUT2D eigenvalue weighted by atomic mass is 9.74. The summed E-state index contributed by atoms with van der Waals surface area (Å²) in [4.78, 5) is 17.6. The van der Waals surface area contributed by atoms with Crippen molar-refractivity contribution in [3.05, 3.63) is 40.4 Å². The predicted molar refractivity (Wildman–Crippen MR) is 105 cm³/mol. The maximum atomic E-state index is 10.9. The van der Waals surface area contributed by atoms with E-state index in [-0.39, 0.29) is 10.6 Å². The predicted octanol–water partition coefficient (Wildman–Crippen LogP) is 4.28. The fraction of sp³-hybridized carbons (Fsp3) is 0.571. The van der Waals surface area contributed by atoms with Crippen LogP contribution in [0.5, 0.6) is 5.88 Å². The molecule has 6 nitrogen and oxygen atoms in total. The molecule has 0 saturated carbocycles. The first-order valence-corrected chi connectivity index (χ1v) is 9.84. The van der Waals surface area contributed by atoms with Crippen molar-refractivity contribution in [1.29, 1.82) is 0 Å². The van der Waals surface area contributed by atoms with Crippen LogP contribution in [0.15, 0.2) is 30.3 Å². The average Bonchev–Trinajstić information content (AvgIpc) is 2.89. The molecule has 4 unspecified atom stereocenters. The number of nitro groups is 1. The first kappa shape index (κ1) is 18.2. The Balaban J connectivity index is 1.51. The molecule has 3 heterocycles. The minimum atomic E-state index is -0.385. The van der Waals surface area contributed by atoms with Crippen molar-refractivity contribution in [1.82, 2.24) is 9.88 Å². The number of fused-ring (bicyclic) bond motifs is 3. The van der Waals surface area contributed by atoms with Crippen LogP contribution < -0.4 is 4.74 Å². The van der Waals surface area contributed by atoms with E-state index >= 15 is 0 Å². The van der Waals surface area contributed by atoms with Crippen LogP contribution in [0, 0.1) is 27.9 Å². The third kappa shape index (κ3) is 3.38. The monoisotopic (exact) mass is 369 g/mol. The summed E-state index contributed by atoms with van der Waals surface area (Å²) in [5.74, 6) is 2.45. The minimum absolute atomic E-state index is 0.0822. The maximum absolute atomic E-state index is 10.9. The summed E-state index contributed by atoms with van der Waals surface area (Å²) in [5.41, 5.74) is 0.805. The molecule has 27 heavy (non-hydrogen) atoms. The van der Waals surface area contributed by atoms with Gasteiger partial charge in [0.05, 0.1) is 17.0 Å². The molecule has 2 saturated heterocycles. The van der Waals surface area contributed by atoms with E-state index in [1.165, 1.54) is 25.3 Å². The first-order valence-electron chi connectivity index (χ1n) is 9.84. The zero-order chi connectivity index (χ0) is 19.1. The number of piperidine rings is 1. The van der Waals surface area contributed by atoms with E-state index in [1.807, 2.05) is 12.1 Å². The SMILES string of the molecule is CC(C)C1CC2CCC(C1COc1ccc3cc([N+](=O)[O-])ccc3n1)N2C. The van der Waals surface area contributed by atoms with Crippen molar-refractivity contribution in [2.75, 3.05) is 13.7 Å². The molecule has 1 aromatic carbocycles. The molecule has 2 aromatic rings. The summed E-state index contributed by atoms with van der Waals surface area (Å²) >= 11 is 0. The minimum Gasteiger partial charge on any atom is -0.477 e. The molecular weight excluding hydrogens is 342 g/mol. The Morgan fingerprint density at radius 2 is 2.11 bits per heavy atom. The van der Waals surface area contributed by atoms with E-state index in [4.69, 9.17) is 4.74 Å². The fourth-order valence-electron chi connectivity index (χ4n) is 5.09. The zero-order valence-electron chi connectivity index (χ0n) is 16.2. The van der Waals surface area contributed by atoms with E-state index in [1.54, 1.807) is 12.1 Å². The van der Waals surface area contributed by atoms with Crippen molar-refractivity contribution >= 4 is 16.6 Å². The van der Waals surface area contributed by atoms with E-state index < -0.39 is 0 Å². The molecule has 0 amide bonds. The third-order valence-electron chi connectivity index (χ3n) is 6.62. The van der Waals surface area contributed by atoms with E-state index in [0.29, 0.717) is 36.3 Å². The summed E-state index contributed by atoms with van der Waals surface area (Å²) < 4.78 is 6.14. The van der Waals surface area contributed by atoms with Gasteiger partial charge in [-0.05, 0) is 50.3 Å². The molecule has 0 spiro atoms. The number of benzene rings is 1. The van der Waals surface area contributed by atoms with Gasteiger partial charge >= 0.3 is 0 Å². The quantitative estimate of drug-likeness (QED) is 0.581. The van der Waals surface area contributed by atoms with Gasteiger partial charge in [0, 0.05) is 41.6 Å². The highest BCUT2D eigenvalue weighted by molar-refractivity contribution is 5.81. The van der Waals surface area contributed by atoms with Gasteiger partial charge in [-0.2, -0.15) is 0 Å². The van der Waals surface area contributed by atoms with Gasteiger partial charge in [0.15, 0.2) is 0 Å². The molecule has 0 aliphatic carbocycles. The van der Waals surface area contributed by atoms with E-state index in [9.17, 15) is 10.1 Å². The number of nitrogens with zero attached hydrogens (tertiary/aromatic N) is 3. The summed E-state index contributed by atoms with van der Waals surface area (Å²) in [5, 5.41) is 11.7. The Labute approximate surface area is 159 Å². The number of rotatable bonds is 5. The molecule has 144 valence electrons. The molecule has 1 aromatic heterocycles. The average molecular weight is 369 g/mol. The van der Waals surface area contributed by atoms with Gasteiger partial charge in [-0.15, -0.1) is 0 Å². The van der Waals surface area contributed by atoms with Crippen LogP contribution in [-0.2, 0) is 0 Å². The second-order valence-electron chi connectivity index (χ2n) is 8.37. The highest BCUT2D eigenvalue weighted by Crippen LogP contribution is 2.44. The smallest absolute Gasteiger partial charge is 0.270 e. The van der Waals surface area contributed by atoms with Gasteiger partial charge in [0.1, 0.15) is 0 Å². The summed E-state index contributed by atoms with van der Waals surface area (Å²) in [7, 11) is 2.26. The molecule has 6 heteroatoms. The maximum Gasteiger partial charge on any atom is 0.270 e. The Hall–Kier alpha value is -2.21. The zero-order valence-corrected chi connectivity index (χ0v) is 16.2. The topological polar surface area (TPSA) is 68.5 Å². The Kier molecular flexibility index (Phi) is 4.76. The van der Waals surface area contributed by atoms with Gasteiger partial charge in [0.2, 0.25) is 5.88 Å². The fourth-order valence-corrected chi connectivity index (χ4v) is 5.09. The second-order valence-corrected chi connectivity index (χ2v) is 8.37. The van der Waals surface area contributed by atoms with Crippen LogP contribution in [-0.4, -0.2) is 40.5 Å². The molecule has 2 aliphatic rings. The standard InChI is InChI=1S/C21H27N3O3/c1-13(2)17-11-15-6-8-20(23(15)3)18(17)12-27-21-9-4-14-10-16(24(25)26)5-7-19(14)22-21/h4-5,7,9-10,13,15,17-18,20H,6,8,11-12H2,1-3H3. The number of ether oxygens (including phenoxy) is 1. The van der Waals surface area contributed by atoms with E-state index in [2.05, 4.69) is 30.8 Å². The first-order chi connectivity index (χ1) is 12.9. The Morgan fingerprint density at radius 1 is 1.30 bits per heavy atom. The number of pyridine rings is 1. The Bertz CT molecular complexity index is 854. The van der Waals surface area contributed by atoms with Crippen LogP contribution in [0.3, 0.4) is 0 Å². The lowest BCUT2D eigenvalue weighted by molar-refractivity contribution is -0.384. The van der Waals surface area contributed by atoms with Crippen LogP contribution in [0.4, 0.5) is 5.69 Å². The molecular formula is C21H27N3O3. The van der Waals surface area contributed by atoms with Gasteiger partial charge in [-0.25, -0.2) is 4.98 Å². The molecule has 2 bridgehead atoms. The number of aromatic nitrogens is 1. The highest BCUT2D eigenvalue weighted by Gasteiger charge is 2.46. The van der Waals surface area contributed by atoms with Gasteiger partial charge in [-0.1, -0.05) is 13.8 Å². The number of nitro benzene ring substituents is 1. The number of hydrogen-bond acceptors (Lipinski definition) is 5. The van der Waals surface area contributed by atoms with Gasteiger partial charge < -0.3 is 9.64 Å². The molecule has 2 fully saturated rings. The number of hydrogen-bond donors (Lipinski definition) is 0. The van der Waals surface area contributed by atoms with Gasteiger partial charge in [0.25, 0.3) is 5.69 Å². The highest BCUT2D eigenvalue weighted by atomic mass is 16.6. The normalized spacial score (nSPS) is 28.0. The molecule has 0 N–H and O–H groups in total. The Morgan fingerprint density at radius 3 is 2.85 bits per heavy atom. The van der Waals surface area contributed by atoms with E-state index in [0.717, 1.165) is 16.9 Å². The largest absolute Gasteiger partial charge is 0.477 e. The second kappa shape index (κ2) is 7.08. The summed E-state index contributed by atoms with van der Waals surface area (Å²) in [6.45, 7) is 5.32. The van der Waals surface area contributed by atoms with Crippen LogP contribution in [0.2, 0.25) is 0 Å².